The first-order valence-electron chi connectivity index (χ1n) is 10.5. The Morgan fingerprint density at radius 2 is 1.77 bits per heavy atom. The van der Waals surface area contributed by atoms with Crippen molar-refractivity contribution in [2.75, 3.05) is 39.4 Å². The van der Waals surface area contributed by atoms with E-state index in [1.165, 1.54) is 4.90 Å². The molecular formula is C23H25ClN2O5. The Bertz CT molecular complexity index is 965. The molecule has 31 heavy (non-hydrogen) atoms. The molecule has 0 bridgehead atoms. The number of halogens is 1. The molecule has 0 radical (unpaired) electrons. The molecule has 164 valence electrons. The number of carbonyl (C=O) groups is 3. The average molecular weight is 445 g/mol. The Morgan fingerprint density at radius 1 is 1.06 bits per heavy atom. The fourth-order valence-electron chi connectivity index (χ4n) is 4.24. The molecule has 7 nitrogen and oxygen atoms in total. The van der Waals surface area contributed by atoms with Gasteiger partial charge in [0, 0.05) is 36.8 Å². The van der Waals surface area contributed by atoms with Gasteiger partial charge in [-0.3, -0.25) is 19.3 Å². The van der Waals surface area contributed by atoms with Gasteiger partial charge in [0.1, 0.15) is 23.5 Å². The highest BCUT2D eigenvalue weighted by atomic mass is 35.5. The van der Waals surface area contributed by atoms with Gasteiger partial charge in [-0.25, -0.2) is 0 Å². The number of benzene rings is 1. The van der Waals surface area contributed by atoms with E-state index in [4.69, 9.17) is 20.8 Å². The van der Waals surface area contributed by atoms with Gasteiger partial charge >= 0.3 is 0 Å². The number of hydrogen-bond acceptors (Lipinski definition) is 6. The average Bonchev–Trinajstić information content (AvgIpc) is 3.30. The molecule has 2 aromatic rings. The standard InChI is InChI=1S/C23H25ClN2O5/c1-15-3-8-18(31-15)20-19(21(27)16-4-6-17(24)7-5-16)22(28)23(29)26(20)10-2-9-25-11-13-30-14-12-25/h3-8,19-20H,2,9-14H2,1H3. The summed E-state index contributed by atoms with van der Waals surface area (Å²) < 4.78 is 11.1. The SMILES string of the molecule is Cc1ccc(C2C(C(=O)c3ccc(Cl)cc3)C(=O)C(=O)N2CCCN2CCOCC2)o1. The molecule has 0 spiro atoms. The second-order valence-corrected chi connectivity index (χ2v) is 8.35. The lowest BCUT2D eigenvalue weighted by Crippen LogP contribution is -2.39. The van der Waals surface area contributed by atoms with Gasteiger partial charge in [0.15, 0.2) is 5.78 Å². The summed E-state index contributed by atoms with van der Waals surface area (Å²) in [5.41, 5.74) is 0.346. The molecule has 2 fully saturated rings. The fraction of sp³-hybridized carbons (Fsp3) is 0.435. The van der Waals surface area contributed by atoms with Gasteiger partial charge in [-0.2, -0.15) is 0 Å². The molecule has 0 N–H and O–H groups in total. The lowest BCUT2D eigenvalue weighted by atomic mass is 9.89. The number of rotatable bonds is 7. The van der Waals surface area contributed by atoms with Gasteiger partial charge in [-0.1, -0.05) is 11.6 Å². The van der Waals surface area contributed by atoms with Crippen LogP contribution in [0, 0.1) is 12.8 Å². The maximum Gasteiger partial charge on any atom is 0.291 e. The van der Waals surface area contributed by atoms with E-state index >= 15 is 0 Å². The minimum atomic E-state index is -1.14. The van der Waals surface area contributed by atoms with E-state index in [0.717, 1.165) is 19.6 Å². The molecular weight excluding hydrogens is 420 g/mol. The summed E-state index contributed by atoms with van der Waals surface area (Å²) >= 11 is 5.93. The van der Waals surface area contributed by atoms with Crippen molar-refractivity contribution in [3.05, 3.63) is 58.5 Å². The summed E-state index contributed by atoms with van der Waals surface area (Å²) in [5, 5.41) is 0.494. The lowest BCUT2D eigenvalue weighted by Gasteiger charge is -2.29. The summed E-state index contributed by atoms with van der Waals surface area (Å²) in [7, 11) is 0. The lowest BCUT2D eigenvalue weighted by molar-refractivity contribution is -0.140. The van der Waals surface area contributed by atoms with Crippen molar-refractivity contribution in [3.63, 3.8) is 0 Å². The molecule has 2 saturated heterocycles. The van der Waals surface area contributed by atoms with Crippen LogP contribution in [-0.2, 0) is 14.3 Å². The number of likely N-dealkylation sites (tertiary alicyclic amines) is 1. The van der Waals surface area contributed by atoms with Crippen molar-refractivity contribution < 1.29 is 23.5 Å². The molecule has 0 aliphatic carbocycles. The van der Waals surface area contributed by atoms with Crippen molar-refractivity contribution >= 4 is 29.1 Å². The summed E-state index contributed by atoms with van der Waals surface area (Å²) in [6, 6.07) is 9.12. The van der Waals surface area contributed by atoms with Gasteiger partial charge in [0.05, 0.1) is 13.2 Å². The van der Waals surface area contributed by atoms with Crippen molar-refractivity contribution in [1.82, 2.24) is 9.80 Å². The third-order valence-electron chi connectivity index (χ3n) is 5.85. The summed E-state index contributed by atoms with van der Waals surface area (Å²) in [4.78, 5) is 42.9. The van der Waals surface area contributed by atoms with Gasteiger partial charge in [0.25, 0.3) is 5.91 Å². The van der Waals surface area contributed by atoms with E-state index in [2.05, 4.69) is 4.90 Å². The van der Waals surface area contributed by atoms with Crippen LogP contribution in [0.2, 0.25) is 5.02 Å². The zero-order valence-corrected chi connectivity index (χ0v) is 18.1. The number of aryl methyl sites for hydroxylation is 1. The van der Waals surface area contributed by atoms with Crippen molar-refractivity contribution in [2.45, 2.75) is 19.4 Å². The molecule has 2 aliphatic heterocycles. The molecule has 0 saturated carbocycles. The fourth-order valence-corrected chi connectivity index (χ4v) is 4.37. The Kier molecular flexibility index (Phi) is 6.55. The number of carbonyl (C=O) groups excluding carboxylic acids is 3. The highest BCUT2D eigenvalue weighted by Gasteiger charge is 2.52. The zero-order chi connectivity index (χ0) is 22.0. The van der Waals surface area contributed by atoms with Crippen LogP contribution in [0.4, 0.5) is 0 Å². The minimum Gasteiger partial charge on any atom is -0.464 e. The molecule has 2 atom stereocenters. The quantitative estimate of drug-likeness (QED) is 0.371. The van der Waals surface area contributed by atoms with Crippen LogP contribution in [-0.4, -0.2) is 66.7 Å². The second-order valence-electron chi connectivity index (χ2n) is 7.91. The van der Waals surface area contributed by atoms with Crippen molar-refractivity contribution in [2.24, 2.45) is 5.92 Å². The normalized spacial score (nSPS) is 22.3. The maximum absolute atomic E-state index is 13.3. The van der Waals surface area contributed by atoms with Crippen LogP contribution >= 0.6 is 11.6 Å². The first-order valence-corrected chi connectivity index (χ1v) is 10.8. The Labute approximate surface area is 185 Å². The van der Waals surface area contributed by atoms with E-state index in [1.54, 1.807) is 43.3 Å². The van der Waals surface area contributed by atoms with Gasteiger partial charge in [0.2, 0.25) is 5.78 Å². The molecule has 1 aromatic heterocycles. The maximum atomic E-state index is 13.3. The molecule has 1 aromatic carbocycles. The number of amides is 1. The summed E-state index contributed by atoms with van der Waals surface area (Å²) in [6.07, 6.45) is 0.692. The minimum absolute atomic E-state index is 0.346. The van der Waals surface area contributed by atoms with Crippen molar-refractivity contribution in [3.8, 4) is 0 Å². The second kappa shape index (κ2) is 9.34. The zero-order valence-electron chi connectivity index (χ0n) is 17.4. The molecule has 2 aliphatic rings. The third-order valence-corrected chi connectivity index (χ3v) is 6.10. The van der Waals surface area contributed by atoms with E-state index in [-0.39, 0.29) is 0 Å². The highest BCUT2D eigenvalue weighted by molar-refractivity contribution is 6.44. The number of morpholine rings is 1. The van der Waals surface area contributed by atoms with Gasteiger partial charge in [-0.05, 0) is 49.7 Å². The smallest absolute Gasteiger partial charge is 0.291 e. The number of nitrogens with zero attached hydrogens (tertiary/aromatic N) is 2. The number of ether oxygens (including phenoxy) is 1. The van der Waals surface area contributed by atoms with Crippen LogP contribution in [0.15, 0.2) is 40.8 Å². The van der Waals surface area contributed by atoms with Gasteiger partial charge in [-0.15, -0.1) is 0 Å². The van der Waals surface area contributed by atoms with E-state index in [9.17, 15) is 14.4 Å². The summed E-state index contributed by atoms with van der Waals surface area (Å²) in [6.45, 7) is 6.07. The van der Waals surface area contributed by atoms with E-state index < -0.39 is 29.4 Å². The van der Waals surface area contributed by atoms with Crippen LogP contribution < -0.4 is 0 Å². The summed E-state index contributed by atoms with van der Waals surface area (Å²) in [5.74, 6) is -1.74. The predicted octanol–water partition coefficient (Wildman–Crippen LogP) is 2.92. The topological polar surface area (TPSA) is 80.1 Å². The third kappa shape index (κ3) is 4.59. The van der Waals surface area contributed by atoms with Crippen molar-refractivity contribution in [1.29, 1.82) is 0 Å². The number of hydrogen-bond donors (Lipinski definition) is 0. The molecule has 3 heterocycles. The molecule has 1 amide bonds. The Hall–Kier alpha value is -2.48. The van der Waals surface area contributed by atoms with Crippen LogP contribution in [0.1, 0.15) is 34.3 Å². The number of furan rings is 1. The van der Waals surface area contributed by atoms with E-state index in [0.29, 0.717) is 48.3 Å². The largest absolute Gasteiger partial charge is 0.464 e. The molecule has 2 unspecified atom stereocenters. The molecule has 8 heteroatoms. The van der Waals surface area contributed by atoms with E-state index in [1.807, 2.05) is 0 Å². The predicted molar refractivity (Wildman–Crippen MR) is 114 cm³/mol. The first-order chi connectivity index (χ1) is 15.0. The van der Waals surface area contributed by atoms with Crippen LogP contribution in [0.25, 0.3) is 0 Å². The number of ketones is 2. The highest BCUT2D eigenvalue weighted by Crippen LogP contribution is 2.39. The monoisotopic (exact) mass is 444 g/mol. The molecule has 4 rings (SSSR count). The Balaban J connectivity index is 1.57. The van der Waals surface area contributed by atoms with Crippen LogP contribution in [0.5, 0.6) is 0 Å². The number of Topliss-reactive ketones (excluding diaryl/α,β-unsaturated/α-hetero) is 2. The van der Waals surface area contributed by atoms with Crippen LogP contribution in [0.3, 0.4) is 0 Å². The first kappa shape index (κ1) is 21.7. The Morgan fingerprint density at radius 3 is 2.42 bits per heavy atom. The van der Waals surface area contributed by atoms with Gasteiger partial charge < -0.3 is 14.1 Å².